The number of carbonyl (C=O) groups excluding carboxylic acids is 1. The molecule has 8 aliphatic rings. The summed E-state index contributed by atoms with van der Waals surface area (Å²) in [4.78, 5) is 28.4. The number of aliphatic carboxylic acids is 1. The van der Waals surface area contributed by atoms with Crippen LogP contribution in [-0.2, 0) is 64.9 Å². The topological polar surface area (TPSA) is 137 Å². The summed E-state index contributed by atoms with van der Waals surface area (Å²) < 4.78 is 65.4. The average Bonchev–Trinajstić information content (AvgIpc) is 0.688. The fraction of sp³-hybridized carbons (Fsp3) is 0.781. The number of carboxylic acids is 1. The minimum absolute atomic E-state index is 0.000856. The molecule has 86 heavy (non-hydrogen) atoms. The molecule has 0 radical (unpaired) electrons. The van der Waals surface area contributed by atoms with Crippen molar-refractivity contribution in [2.75, 3.05) is 20.3 Å². The first-order valence-electron chi connectivity index (χ1n) is 34.0. The van der Waals surface area contributed by atoms with Crippen molar-refractivity contribution < 1.29 is 57.0 Å². The number of aldehydes is 1. The summed E-state index contributed by atoms with van der Waals surface area (Å²) in [6.45, 7) is 36.2. The van der Waals surface area contributed by atoms with Gasteiger partial charge < -0.3 is 52.2 Å². The highest BCUT2D eigenvalue weighted by Crippen LogP contribution is 2.76. The third-order valence-electron chi connectivity index (χ3n) is 26.3. The largest absolute Gasteiger partial charge is 0.481 e. The van der Waals surface area contributed by atoms with Crippen molar-refractivity contribution in [3.63, 3.8) is 0 Å². The Balaban J connectivity index is 1.02. The molecule has 4 saturated carbocycles. The van der Waals surface area contributed by atoms with Crippen LogP contribution in [0.4, 0.5) is 0 Å². The molecule has 7 fully saturated rings. The zero-order chi connectivity index (χ0) is 61.9. The lowest BCUT2D eigenvalue weighted by molar-refractivity contribution is -0.381. The highest BCUT2D eigenvalue weighted by Gasteiger charge is 2.72. The Bertz CT molecular complexity index is 2640. The molecule has 5 aliphatic carbocycles. The molecule has 2 aromatic carbocycles. The van der Waals surface area contributed by atoms with Gasteiger partial charge in [0.1, 0.15) is 17.8 Å². The summed E-state index contributed by atoms with van der Waals surface area (Å²) in [5.41, 5.74) is 1.10. The van der Waals surface area contributed by atoms with E-state index in [2.05, 4.69) is 152 Å². The van der Waals surface area contributed by atoms with Crippen LogP contribution in [0.2, 0.25) is 18.1 Å². The molecule has 12 nitrogen and oxygen atoms in total. The smallest absolute Gasteiger partial charge is 0.312 e. The maximum Gasteiger partial charge on any atom is 0.312 e. The zero-order valence-electron chi connectivity index (χ0n) is 55.6. The first kappa shape index (κ1) is 66.1. The van der Waals surface area contributed by atoms with Gasteiger partial charge in [-0.15, -0.1) is 0 Å². The molecule has 0 amide bonds. The van der Waals surface area contributed by atoms with Crippen LogP contribution in [0.25, 0.3) is 0 Å². The quantitative estimate of drug-likeness (QED) is 0.0585. The van der Waals surface area contributed by atoms with Crippen molar-refractivity contribution in [3.05, 3.63) is 83.4 Å². The summed E-state index contributed by atoms with van der Waals surface area (Å²) in [5, 5.41) is 11.3. The van der Waals surface area contributed by atoms with E-state index >= 15 is 0 Å². The predicted molar refractivity (Wildman–Crippen MR) is 338 cm³/mol. The van der Waals surface area contributed by atoms with Gasteiger partial charge >= 0.3 is 5.97 Å². The summed E-state index contributed by atoms with van der Waals surface area (Å²) in [6, 6.07) is 23.8. The molecule has 10 rings (SSSR count). The van der Waals surface area contributed by atoms with Gasteiger partial charge in [-0.05, 0) is 157 Å². The predicted octanol–water partition coefficient (Wildman–Crippen LogP) is 15.3. The third kappa shape index (κ3) is 11.6. The number of carboxylic acid groups (broad SMARTS) is 1. The molecule has 1 N–H and O–H groups in total. The van der Waals surface area contributed by atoms with Gasteiger partial charge in [-0.2, -0.15) is 0 Å². The van der Waals surface area contributed by atoms with Gasteiger partial charge in [0.25, 0.3) is 0 Å². The summed E-state index contributed by atoms with van der Waals surface area (Å²) in [5.74, 6) is 0.220. The summed E-state index contributed by atoms with van der Waals surface area (Å²) in [7, 11) is -0.515. The second-order valence-electron chi connectivity index (χ2n) is 30.9. The van der Waals surface area contributed by atoms with Crippen LogP contribution < -0.4 is 0 Å². The van der Waals surface area contributed by atoms with Crippen LogP contribution in [-0.4, -0.2) is 108 Å². The zero-order valence-corrected chi connectivity index (χ0v) is 56.6. The normalized spacial score (nSPS) is 44.9. The van der Waals surface area contributed by atoms with Gasteiger partial charge in [0.15, 0.2) is 27.2 Å². The van der Waals surface area contributed by atoms with E-state index < -0.39 is 68.4 Å². The van der Waals surface area contributed by atoms with E-state index in [4.69, 9.17) is 42.3 Å². The van der Waals surface area contributed by atoms with E-state index in [0.29, 0.717) is 57.3 Å². The molecule has 3 aliphatic heterocycles. The summed E-state index contributed by atoms with van der Waals surface area (Å²) >= 11 is 0. The van der Waals surface area contributed by atoms with Crippen molar-refractivity contribution >= 4 is 20.6 Å². The molecule has 0 bridgehead atoms. The molecule has 480 valence electrons. The lowest BCUT2D eigenvalue weighted by Gasteiger charge is -2.71. The second-order valence-corrected chi connectivity index (χ2v) is 35.6. The van der Waals surface area contributed by atoms with Crippen molar-refractivity contribution in [1.82, 2.24) is 0 Å². The Kier molecular flexibility index (Phi) is 19.8. The second kappa shape index (κ2) is 25.7. The Morgan fingerprint density at radius 3 is 1.95 bits per heavy atom. The SMILES string of the molecule is CC[Si](CC)(CC)OC1[C@H](OC2[C@H](O[C@H]3CCC4(C)C5CC=C6C7CC(C)(C)CC[C@]7(C(=O)O)C(OC)C[C@@]6(C)C5(C)CC[C@H]4[C@@]3(C)C=O)OC(Cc3ccccc3)[C@@H](C)[C@@H]2O[C@@H]2OC[C@@H](C)[C@H](C)C2C)OC(COCc2ccccc2)[C@H](C)[C@@H]1C. The lowest BCUT2D eigenvalue weighted by atomic mass is 9.33. The van der Waals surface area contributed by atoms with Crippen LogP contribution in [0.1, 0.15) is 173 Å². The van der Waals surface area contributed by atoms with Gasteiger partial charge in [-0.25, -0.2) is 0 Å². The monoisotopic (exact) mass is 1210 g/mol. The minimum Gasteiger partial charge on any atom is -0.481 e. The number of methoxy groups -OCH3 is 1. The molecule has 13 heteroatoms. The van der Waals surface area contributed by atoms with Crippen LogP contribution in [0, 0.1) is 85.8 Å². The van der Waals surface area contributed by atoms with E-state index in [-0.39, 0.29) is 81.4 Å². The Labute approximate surface area is 519 Å². The minimum atomic E-state index is -2.26. The van der Waals surface area contributed by atoms with Gasteiger partial charge in [0.2, 0.25) is 0 Å². The number of rotatable bonds is 20. The van der Waals surface area contributed by atoms with Gasteiger partial charge in [-0.1, -0.05) is 176 Å². The first-order chi connectivity index (χ1) is 40.8. The number of hydrogen-bond acceptors (Lipinski definition) is 11. The fourth-order valence-corrected chi connectivity index (χ4v) is 22.4. The van der Waals surface area contributed by atoms with E-state index in [0.717, 1.165) is 67.8 Å². The maximum absolute atomic E-state index is 14.7. The van der Waals surface area contributed by atoms with E-state index in [1.165, 1.54) is 11.9 Å². The van der Waals surface area contributed by atoms with Crippen molar-refractivity contribution in [2.45, 2.75) is 254 Å². The number of carbonyl (C=O) groups is 2. The number of fused-ring (bicyclic) bond motifs is 7. The molecule has 24 atom stereocenters. The standard InChI is InChI=1S/C73H112O12Si/c1-17-86(18-2,19-3)85-62-48(7)47(6)56(43-78-42-52-28-24-21-25-29-52)81-65(62)84-63-61(83-64-49(8)46(5)45(4)41-79-64)50(9)55(38-51-26-22-20-23-27-51)80-66(63)82-59-33-34-69(12)57(70(59,13)44-74)32-35-71(14)58(69)31-30-53-54-39-68(10,11)36-37-73(54,67(75)76)60(77-16)40-72(53,71)15/h20-30,44-50,54-66H,17-19,31-43H2,1-16H3,(H,75,76)/t45-,46+,47-,48+,49?,50-,54?,55?,56?,57-,58?,59+,60?,61+,62?,63?,64+,65+,66+,69?,70-,71?,72-,73-/m1/s1. The highest BCUT2D eigenvalue weighted by atomic mass is 28.4. The van der Waals surface area contributed by atoms with Gasteiger partial charge in [0, 0.05) is 18.9 Å². The van der Waals surface area contributed by atoms with Crippen LogP contribution in [0.5, 0.6) is 0 Å². The number of ether oxygens (including phenoxy) is 8. The van der Waals surface area contributed by atoms with Gasteiger partial charge in [0.05, 0.1) is 61.9 Å². The molecular weight excluding hydrogens is 1100 g/mol. The molecule has 0 spiro atoms. The average molecular weight is 1210 g/mol. The third-order valence-corrected chi connectivity index (χ3v) is 31.0. The lowest BCUT2D eigenvalue weighted by Crippen LogP contribution is -2.68. The molecular formula is C73H112O12Si. The molecule has 2 aromatic rings. The summed E-state index contributed by atoms with van der Waals surface area (Å²) in [6.07, 6.45) is 5.90. The molecule has 3 saturated heterocycles. The van der Waals surface area contributed by atoms with Crippen molar-refractivity contribution in [2.24, 2.45) is 85.8 Å². The highest BCUT2D eigenvalue weighted by molar-refractivity contribution is 6.73. The Morgan fingerprint density at radius 1 is 0.674 bits per heavy atom. The van der Waals surface area contributed by atoms with Crippen LogP contribution in [0.3, 0.4) is 0 Å². The molecule has 0 aromatic heterocycles. The first-order valence-corrected chi connectivity index (χ1v) is 36.5. The molecule has 10 unspecified atom stereocenters. The van der Waals surface area contributed by atoms with E-state index in [1.807, 2.05) is 18.2 Å². The van der Waals surface area contributed by atoms with E-state index in [9.17, 15) is 14.7 Å². The van der Waals surface area contributed by atoms with Gasteiger partial charge in [-0.3, -0.25) is 4.79 Å². The van der Waals surface area contributed by atoms with Crippen molar-refractivity contribution in [1.29, 1.82) is 0 Å². The van der Waals surface area contributed by atoms with Crippen molar-refractivity contribution in [3.8, 4) is 0 Å². The maximum atomic E-state index is 14.7. The van der Waals surface area contributed by atoms with Crippen LogP contribution >= 0.6 is 0 Å². The molecule has 3 heterocycles. The number of allylic oxidation sites excluding steroid dienone is 2. The van der Waals surface area contributed by atoms with E-state index in [1.54, 1.807) is 7.11 Å². The fourth-order valence-electron chi connectivity index (χ4n) is 19.5. The Hall–Kier alpha value is -2.82. The Morgan fingerprint density at radius 2 is 1.31 bits per heavy atom. The number of hydrogen-bond donors (Lipinski definition) is 1. The number of benzene rings is 2. The van der Waals surface area contributed by atoms with Crippen LogP contribution in [0.15, 0.2) is 72.3 Å².